The number of aromatic nitrogens is 4. The molecule has 1 aliphatic heterocycles. The Labute approximate surface area is 166 Å². The van der Waals surface area contributed by atoms with Gasteiger partial charge in [0, 0.05) is 55.6 Å². The molecular weight excluding hydrogens is 348 g/mol. The number of piperazine rings is 1. The molecule has 0 atom stereocenters. The first-order valence-corrected chi connectivity index (χ1v) is 9.77. The zero-order valence-electron chi connectivity index (χ0n) is 16.8. The van der Waals surface area contributed by atoms with Crippen molar-refractivity contribution in [3.05, 3.63) is 71.1 Å². The minimum Gasteiger partial charge on any atom is -0.353 e. The second kappa shape index (κ2) is 7.92. The lowest BCUT2D eigenvalue weighted by Crippen LogP contribution is -2.47. The molecule has 0 spiro atoms. The van der Waals surface area contributed by atoms with Gasteiger partial charge in [0.1, 0.15) is 23.8 Å². The number of aryl methyl sites for hydroxylation is 3. The van der Waals surface area contributed by atoms with Gasteiger partial charge in [-0.05, 0) is 26.3 Å². The summed E-state index contributed by atoms with van der Waals surface area (Å²) in [6.45, 7) is 9.75. The molecule has 1 aromatic carbocycles. The highest BCUT2D eigenvalue weighted by Gasteiger charge is 2.23. The molecule has 0 radical (unpaired) electrons. The fourth-order valence-electron chi connectivity index (χ4n) is 3.75. The van der Waals surface area contributed by atoms with Crippen LogP contribution in [0.2, 0.25) is 0 Å². The van der Waals surface area contributed by atoms with Gasteiger partial charge in [-0.25, -0.2) is 19.9 Å². The van der Waals surface area contributed by atoms with Crippen LogP contribution in [0, 0.1) is 20.8 Å². The molecule has 6 nitrogen and oxygen atoms in total. The zero-order valence-corrected chi connectivity index (χ0v) is 16.8. The van der Waals surface area contributed by atoms with Crippen LogP contribution in [-0.4, -0.2) is 46.1 Å². The number of nitrogens with zero attached hydrogens (tertiary/aromatic N) is 6. The maximum Gasteiger partial charge on any atom is 0.136 e. The van der Waals surface area contributed by atoms with Crippen LogP contribution in [-0.2, 0) is 6.42 Å². The van der Waals surface area contributed by atoms with E-state index >= 15 is 0 Å². The van der Waals surface area contributed by atoms with Crippen LogP contribution in [0.15, 0.2) is 42.7 Å². The molecule has 0 N–H and O–H groups in total. The molecule has 3 aromatic rings. The smallest absolute Gasteiger partial charge is 0.136 e. The minimum absolute atomic E-state index is 0.832. The van der Waals surface area contributed by atoms with Gasteiger partial charge in [0.25, 0.3) is 0 Å². The van der Waals surface area contributed by atoms with Gasteiger partial charge in [0.15, 0.2) is 0 Å². The lowest BCUT2D eigenvalue weighted by Gasteiger charge is -2.37. The van der Waals surface area contributed by atoms with Gasteiger partial charge in [0.05, 0.1) is 0 Å². The van der Waals surface area contributed by atoms with Crippen LogP contribution in [0.3, 0.4) is 0 Å². The lowest BCUT2D eigenvalue weighted by molar-refractivity contribution is 0.636. The van der Waals surface area contributed by atoms with Crippen molar-refractivity contribution in [1.82, 2.24) is 19.9 Å². The van der Waals surface area contributed by atoms with E-state index in [1.165, 1.54) is 11.1 Å². The van der Waals surface area contributed by atoms with Crippen LogP contribution in [0.4, 0.5) is 11.6 Å². The summed E-state index contributed by atoms with van der Waals surface area (Å²) < 4.78 is 0. The number of hydrogen-bond acceptors (Lipinski definition) is 6. The number of hydrogen-bond donors (Lipinski definition) is 0. The molecule has 28 heavy (non-hydrogen) atoms. The summed E-state index contributed by atoms with van der Waals surface area (Å²) in [5, 5.41) is 0. The average Bonchev–Trinajstić information content (AvgIpc) is 2.71. The molecule has 0 aliphatic carbocycles. The van der Waals surface area contributed by atoms with Crippen LogP contribution in [0.25, 0.3) is 0 Å². The van der Waals surface area contributed by atoms with E-state index in [2.05, 4.69) is 68.1 Å². The number of rotatable bonds is 4. The summed E-state index contributed by atoms with van der Waals surface area (Å²) >= 11 is 0. The predicted molar refractivity (Wildman–Crippen MR) is 112 cm³/mol. The Balaban J connectivity index is 1.56. The van der Waals surface area contributed by atoms with E-state index in [0.29, 0.717) is 0 Å². The topological polar surface area (TPSA) is 58.0 Å². The summed E-state index contributed by atoms with van der Waals surface area (Å²) in [6.07, 6.45) is 2.50. The third kappa shape index (κ3) is 3.96. The van der Waals surface area contributed by atoms with Crippen LogP contribution in [0.5, 0.6) is 0 Å². The SMILES string of the molecule is Cc1cc(N2CCN(c3nc(C)nc(C)c3Cc3ccccc3)CC2)ncn1. The van der Waals surface area contributed by atoms with Gasteiger partial charge < -0.3 is 9.80 Å². The Bertz CT molecular complexity index is 948. The van der Waals surface area contributed by atoms with Gasteiger partial charge in [-0.15, -0.1) is 0 Å². The normalized spacial score (nSPS) is 14.4. The van der Waals surface area contributed by atoms with E-state index < -0.39 is 0 Å². The molecule has 1 aliphatic rings. The van der Waals surface area contributed by atoms with Crippen molar-refractivity contribution in [2.45, 2.75) is 27.2 Å². The standard InChI is InChI=1S/C22H26N6/c1-16-13-21(24-15-23-16)27-9-11-28(12-10-27)22-20(17(2)25-18(3)26-22)14-19-7-5-4-6-8-19/h4-8,13,15H,9-12,14H2,1-3H3. The average molecular weight is 374 g/mol. The largest absolute Gasteiger partial charge is 0.353 e. The van der Waals surface area contributed by atoms with E-state index in [1.807, 2.05) is 13.8 Å². The molecule has 4 rings (SSSR count). The van der Waals surface area contributed by atoms with Gasteiger partial charge in [-0.1, -0.05) is 30.3 Å². The first-order valence-electron chi connectivity index (χ1n) is 9.77. The van der Waals surface area contributed by atoms with Crippen molar-refractivity contribution in [2.75, 3.05) is 36.0 Å². The summed E-state index contributed by atoms with van der Waals surface area (Å²) in [7, 11) is 0. The first kappa shape index (κ1) is 18.3. The van der Waals surface area contributed by atoms with Crippen molar-refractivity contribution in [3.63, 3.8) is 0 Å². The molecule has 144 valence electrons. The highest BCUT2D eigenvalue weighted by molar-refractivity contribution is 5.53. The Morgan fingerprint density at radius 2 is 1.57 bits per heavy atom. The predicted octanol–water partition coefficient (Wildman–Crippen LogP) is 3.11. The maximum absolute atomic E-state index is 4.84. The van der Waals surface area contributed by atoms with E-state index in [4.69, 9.17) is 4.98 Å². The maximum atomic E-state index is 4.84. The Morgan fingerprint density at radius 1 is 0.857 bits per heavy atom. The third-order valence-electron chi connectivity index (χ3n) is 5.22. The second-order valence-corrected chi connectivity index (χ2v) is 7.31. The van der Waals surface area contributed by atoms with Crippen LogP contribution >= 0.6 is 0 Å². The highest BCUT2D eigenvalue weighted by Crippen LogP contribution is 2.26. The van der Waals surface area contributed by atoms with Crippen LogP contribution in [0.1, 0.15) is 28.3 Å². The summed E-state index contributed by atoms with van der Waals surface area (Å²) in [6, 6.07) is 12.6. The van der Waals surface area contributed by atoms with Crippen molar-refractivity contribution in [1.29, 1.82) is 0 Å². The summed E-state index contributed by atoms with van der Waals surface area (Å²) in [5.74, 6) is 2.91. The Hall–Kier alpha value is -3.02. The van der Waals surface area contributed by atoms with Crippen molar-refractivity contribution < 1.29 is 0 Å². The van der Waals surface area contributed by atoms with Gasteiger partial charge in [-0.2, -0.15) is 0 Å². The molecule has 6 heteroatoms. The lowest BCUT2D eigenvalue weighted by atomic mass is 10.0. The van der Waals surface area contributed by atoms with Gasteiger partial charge in [-0.3, -0.25) is 0 Å². The number of benzene rings is 1. The Morgan fingerprint density at radius 3 is 2.29 bits per heavy atom. The third-order valence-corrected chi connectivity index (χ3v) is 5.22. The molecule has 0 amide bonds. The van der Waals surface area contributed by atoms with Crippen molar-refractivity contribution >= 4 is 11.6 Å². The zero-order chi connectivity index (χ0) is 19.5. The summed E-state index contributed by atoms with van der Waals surface area (Å²) in [5.41, 5.74) is 4.58. The first-order chi connectivity index (χ1) is 13.6. The minimum atomic E-state index is 0.832. The molecule has 0 saturated carbocycles. The second-order valence-electron chi connectivity index (χ2n) is 7.31. The summed E-state index contributed by atoms with van der Waals surface area (Å²) in [4.78, 5) is 22.8. The van der Waals surface area contributed by atoms with Gasteiger partial charge >= 0.3 is 0 Å². The van der Waals surface area contributed by atoms with Crippen molar-refractivity contribution in [3.8, 4) is 0 Å². The van der Waals surface area contributed by atoms with E-state index in [-0.39, 0.29) is 0 Å². The van der Waals surface area contributed by atoms with Crippen molar-refractivity contribution in [2.24, 2.45) is 0 Å². The molecule has 2 aromatic heterocycles. The molecule has 1 fully saturated rings. The Kier molecular flexibility index (Phi) is 5.19. The van der Waals surface area contributed by atoms with E-state index in [1.54, 1.807) is 6.33 Å². The highest BCUT2D eigenvalue weighted by atomic mass is 15.3. The molecular formula is C22H26N6. The fraction of sp³-hybridized carbons (Fsp3) is 0.364. The molecule has 3 heterocycles. The van der Waals surface area contributed by atoms with Crippen LogP contribution < -0.4 is 9.80 Å². The van der Waals surface area contributed by atoms with Gasteiger partial charge in [0.2, 0.25) is 0 Å². The fourth-order valence-corrected chi connectivity index (χ4v) is 3.75. The molecule has 0 unspecified atom stereocenters. The molecule has 1 saturated heterocycles. The van der Waals surface area contributed by atoms with E-state index in [0.717, 1.165) is 61.4 Å². The quantitative estimate of drug-likeness (QED) is 0.699. The monoisotopic (exact) mass is 374 g/mol. The number of anilines is 2. The molecule has 0 bridgehead atoms. The van der Waals surface area contributed by atoms with E-state index in [9.17, 15) is 0 Å².